The Hall–Kier alpha value is -2.66. The van der Waals surface area contributed by atoms with Crippen LogP contribution in [-0.4, -0.2) is 41.0 Å². The van der Waals surface area contributed by atoms with Crippen LogP contribution in [0.2, 0.25) is 0 Å². The molecule has 5 heteroatoms. The molecule has 0 spiro atoms. The Kier molecular flexibility index (Phi) is 6.82. The van der Waals surface area contributed by atoms with E-state index in [1.165, 1.54) is 0 Å². The highest BCUT2D eigenvalue weighted by Gasteiger charge is 2.27. The monoisotopic (exact) mass is 380 g/mol. The summed E-state index contributed by atoms with van der Waals surface area (Å²) in [4.78, 5) is 26.5. The van der Waals surface area contributed by atoms with Gasteiger partial charge in [0.15, 0.2) is 0 Å². The molecule has 1 saturated heterocycles. The summed E-state index contributed by atoms with van der Waals surface area (Å²) in [6.07, 6.45) is 3.32. The Morgan fingerprint density at radius 2 is 1.96 bits per heavy atom. The first-order chi connectivity index (χ1) is 13.6. The van der Waals surface area contributed by atoms with Crippen molar-refractivity contribution >= 4 is 11.8 Å². The van der Waals surface area contributed by atoms with E-state index in [2.05, 4.69) is 5.32 Å². The molecule has 1 atom stereocenters. The summed E-state index contributed by atoms with van der Waals surface area (Å²) in [5, 5.41) is 12.5. The predicted octanol–water partition coefficient (Wildman–Crippen LogP) is 3.37. The number of carbonyl (C=O) groups excluding carboxylic acids is 2. The Morgan fingerprint density at radius 1 is 1.14 bits per heavy atom. The third-order valence-corrected chi connectivity index (χ3v) is 5.33. The molecule has 1 fully saturated rings. The Morgan fingerprint density at radius 3 is 2.75 bits per heavy atom. The number of hydrogen-bond acceptors (Lipinski definition) is 3. The molecule has 1 aliphatic heterocycles. The third-order valence-electron chi connectivity index (χ3n) is 5.33. The fourth-order valence-electron chi connectivity index (χ4n) is 3.72. The number of rotatable bonds is 6. The zero-order chi connectivity index (χ0) is 19.9. The minimum absolute atomic E-state index is 0.00535. The standard InChI is InChI=1S/C23H28N2O3/c1-2-22(27)24-15-19-8-3-4-12-21(19)17-9-7-10-18(14-17)23(28)25-13-6-5-11-20(25)16-26/h3-4,7-10,12,14,20,26H,2,5-6,11,13,15-16H2,1H3,(H,24,27). The van der Waals surface area contributed by atoms with Crippen LogP contribution >= 0.6 is 0 Å². The van der Waals surface area contributed by atoms with E-state index in [1.807, 2.05) is 55.5 Å². The number of amides is 2. The number of carbonyl (C=O) groups is 2. The first-order valence-electron chi connectivity index (χ1n) is 10.0. The van der Waals surface area contributed by atoms with Crippen molar-refractivity contribution in [1.82, 2.24) is 10.2 Å². The van der Waals surface area contributed by atoms with Gasteiger partial charge >= 0.3 is 0 Å². The lowest BCUT2D eigenvalue weighted by molar-refractivity contribution is -0.120. The maximum atomic E-state index is 13.0. The molecule has 0 bridgehead atoms. The maximum Gasteiger partial charge on any atom is 0.254 e. The molecule has 0 aromatic heterocycles. The van der Waals surface area contributed by atoms with Crippen molar-refractivity contribution in [2.45, 2.75) is 45.2 Å². The van der Waals surface area contributed by atoms with E-state index in [0.29, 0.717) is 25.1 Å². The van der Waals surface area contributed by atoms with Gasteiger partial charge in [-0.1, -0.05) is 43.3 Å². The molecule has 3 rings (SSSR count). The average molecular weight is 380 g/mol. The SMILES string of the molecule is CCC(=O)NCc1ccccc1-c1cccc(C(=O)N2CCCCC2CO)c1. The van der Waals surface area contributed by atoms with Crippen molar-refractivity contribution in [3.63, 3.8) is 0 Å². The molecule has 5 nitrogen and oxygen atoms in total. The van der Waals surface area contributed by atoms with Gasteiger partial charge in [-0.05, 0) is 48.1 Å². The molecule has 0 aliphatic carbocycles. The lowest BCUT2D eigenvalue weighted by atomic mass is 9.96. The number of likely N-dealkylation sites (tertiary alicyclic amines) is 1. The van der Waals surface area contributed by atoms with E-state index < -0.39 is 0 Å². The van der Waals surface area contributed by atoms with Crippen molar-refractivity contribution in [2.24, 2.45) is 0 Å². The van der Waals surface area contributed by atoms with Gasteiger partial charge in [-0.25, -0.2) is 0 Å². The summed E-state index contributed by atoms with van der Waals surface area (Å²) in [6.45, 7) is 2.98. The second-order valence-electron chi connectivity index (χ2n) is 7.20. The first-order valence-corrected chi connectivity index (χ1v) is 10.0. The van der Waals surface area contributed by atoms with Crippen molar-refractivity contribution in [3.8, 4) is 11.1 Å². The van der Waals surface area contributed by atoms with Crippen molar-refractivity contribution < 1.29 is 14.7 Å². The highest BCUT2D eigenvalue weighted by molar-refractivity contribution is 5.96. The van der Waals surface area contributed by atoms with E-state index in [1.54, 1.807) is 4.90 Å². The van der Waals surface area contributed by atoms with Gasteiger partial charge in [-0.15, -0.1) is 0 Å². The summed E-state index contributed by atoms with van der Waals surface area (Å²) in [6, 6.07) is 15.4. The minimum Gasteiger partial charge on any atom is -0.394 e. The van der Waals surface area contributed by atoms with Gasteiger partial charge in [0.05, 0.1) is 12.6 Å². The van der Waals surface area contributed by atoms with Crippen LogP contribution in [0.3, 0.4) is 0 Å². The Labute approximate surface area is 166 Å². The van der Waals surface area contributed by atoms with Crippen LogP contribution in [-0.2, 0) is 11.3 Å². The predicted molar refractivity (Wildman–Crippen MR) is 110 cm³/mol. The third kappa shape index (κ3) is 4.60. The molecule has 1 unspecified atom stereocenters. The highest BCUT2D eigenvalue weighted by atomic mass is 16.3. The van der Waals surface area contributed by atoms with Gasteiger partial charge in [-0.2, -0.15) is 0 Å². The van der Waals surface area contributed by atoms with Crippen molar-refractivity contribution in [3.05, 3.63) is 59.7 Å². The largest absolute Gasteiger partial charge is 0.394 e. The normalized spacial score (nSPS) is 16.6. The minimum atomic E-state index is -0.0959. The summed E-state index contributed by atoms with van der Waals surface area (Å²) < 4.78 is 0. The van der Waals surface area contributed by atoms with Gasteiger partial charge < -0.3 is 15.3 Å². The van der Waals surface area contributed by atoms with Crippen LogP contribution in [0.4, 0.5) is 0 Å². The summed E-state index contributed by atoms with van der Waals surface area (Å²) in [7, 11) is 0. The van der Waals surface area contributed by atoms with Crippen LogP contribution in [0.25, 0.3) is 11.1 Å². The first kappa shape index (κ1) is 20.1. The van der Waals surface area contributed by atoms with E-state index in [0.717, 1.165) is 36.0 Å². The maximum absolute atomic E-state index is 13.0. The Bertz CT molecular complexity index is 834. The highest BCUT2D eigenvalue weighted by Crippen LogP contribution is 2.26. The lowest BCUT2D eigenvalue weighted by Crippen LogP contribution is -2.45. The molecule has 2 aromatic rings. The number of nitrogens with zero attached hydrogens (tertiary/aromatic N) is 1. The molecule has 28 heavy (non-hydrogen) atoms. The fraction of sp³-hybridized carbons (Fsp3) is 0.391. The quantitative estimate of drug-likeness (QED) is 0.807. The summed E-state index contributed by atoms with van der Waals surface area (Å²) in [5.74, 6) is -0.0174. The number of nitrogens with one attached hydrogen (secondary N) is 1. The molecule has 1 aliphatic rings. The fourth-order valence-corrected chi connectivity index (χ4v) is 3.72. The summed E-state index contributed by atoms with van der Waals surface area (Å²) >= 11 is 0. The van der Waals surface area contributed by atoms with E-state index in [4.69, 9.17) is 0 Å². The van der Waals surface area contributed by atoms with Crippen molar-refractivity contribution in [2.75, 3.05) is 13.2 Å². The number of aliphatic hydroxyl groups is 1. The number of hydrogen-bond donors (Lipinski definition) is 2. The van der Waals surface area contributed by atoms with Crippen LogP contribution in [0, 0.1) is 0 Å². The number of benzene rings is 2. The van der Waals surface area contributed by atoms with E-state index in [9.17, 15) is 14.7 Å². The van der Waals surface area contributed by atoms with Crippen LogP contribution in [0.5, 0.6) is 0 Å². The van der Waals surface area contributed by atoms with Gasteiger partial charge in [0, 0.05) is 25.1 Å². The average Bonchev–Trinajstić information content (AvgIpc) is 2.77. The molecule has 2 aromatic carbocycles. The smallest absolute Gasteiger partial charge is 0.254 e. The van der Waals surface area contributed by atoms with Crippen molar-refractivity contribution in [1.29, 1.82) is 0 Å². The topological polar surface area (TPSA) is 69.6 Å². The van der Waals surface area contributed by atoms with E-state index >= 15 is 0 Å². The lowest BCUT2D eigenvalue weighted by Gasteiger charge is -2.34. The zero-order valence-electron chi connectivity index (χ0n) is 16.4. The molecule has 2 amide bonds. The molecule has 2 N–H and O–H groups in total. The van der Waals surface area contributed by atoms with Crippen LogP contribution in [0.1, 0.15) is 48.5 Å². The number of piperidine rings is 1. The van der Waals surface area contributed by atoms with Crippen LogP contribution < -0.4 is 5.32 Å². The van der Waals surface area contributed by atoms with Gasteiger partial charge in [0.1, 0.15) is 0 Å². The van der Waals surface area contributed by atoms with E-state index in [-0.39, 0.29) is 24.5 Å². The second kappa shape index (κ2) is 9.51. The van der Waals surface area contributed by atoms with Gasteiger partial charge in [-0.3, -0.25) is 9.59 Å². The molecule has 1 heterocycles. The van der Waals surface area contributed by atoms with Gasteiger partial charge in [0.25, 0.3) is 5.91 Å². The Balaban J connectivity index is 1.85. The second-order valence-corrected chi connectivity index (χ2v) is 7.20. The molecular weight excluding hydrogens is 352 g/mol. The molecule has 148 valence electrons. The zero-order valence-corrected chi connectivity index (χ0v) is 16.4. The summed E-state index contributed by atoms with van der Waals surface area (Å²) in [5.41, 5.74) is 3.60. The molecular formula is C23H28N2O3. The molecule has 0 saturated carbocycles. The number of aliphatic hydroxyl groups excluding tert-OH is 1. The van der Waals surface area contributed by atoms with Crippen LogP contribution in [0.15, 0.2) is 48.5 Å². The molecule has 0 radical (unpaired) electrons. The van der Waals surface area contributed by atoms with Gasteiger partial charge in [0.2, 0.25) is 5.91 Å².